The molecule has 0 saturated carbocycles. The van der Waals surface area contributed by atoms with Crippen molar-refractivity contribution in [3.05, 3.63) is 149 Å². The molecular formula is C57H59BN2OS. The molecule has 2 aromatic heterocycles. The Kier molecular flexibility index (Phi) is 9.15. The molecular weight excluding hydrogens is 772 g/mol. The van der Waals surface area contributed by atoms with E-state index in [9.17, 15) is 0 Å². The molecule has 0 radical (unpaired) electrons. The molecule has 312 valence electrons. The van der Waals surface area contributed by atoms with E-state index in [4.69, 9.17) is 4.42 Å². The van der Waals surface area contributed by atoms with Crippen molar-refractivity contribution < 1.29 is 4.42 Å². The third-order valence-electron chi connectivity index (χ3n) is 13.6. The number of aryl methyl sites for hydroxylation is 2. The van der Waals surface area contributed by atoms with Crippen molar-refractivity contribution in [1.82, 2.24) is 0 Å². The zero-order chi connectivity index (χ0) is 43.8. The van der Waals surface area contributed by atoms with Gasteiger partial charge in [0.05, 0.1) is 17.0 Å². The monoisotopic (exact) mass is 830 g/mol. The molecule has 0 aliphatic carbocycles. The molecule has 2 aliphatic rings. The summed E-state index contributed by atoms with van der Waals surface area (Å²) in [4.78, 5) is 5.25. The van der Waals surface area contributed by atoms with Crippen LogP contribution in [-0.4, -0.2) is 6.71 Å². The summed E-state index contributed by atoms with van der Waals surface area (Å²) in [5.41, 5.74) is 21.6. The van der Waals surface area contributed by atoms with Crippen molar-refractivity contribution in [1.29, 1.82) is 0 Å². The first-order valence-electron chi connectivity index (χ1n) is 22.5. The van der Waals surface area contributed by atoms with Crippen LogP contribution in [0, 0.1) is 13.8 Å². The molecule has 8 aromatic rings. The van der Waals surface area contributed by atoms with Gasteiger partial charge in [-0.15, -0.1) is 11.3 Å². The fourth-order valence-corrected chi connectivity index (χ4v) is 11.3. The van der Waals surface area contributed by atoms with Crippen LogP contribution in [0.15, 0.2) is 120 Å². The van der Waals surface area contributed by atoms with Crippen molar-refractivity contribution in [3.63, 3.8) is 0 Å². The number of hydrogen-bond donors (Lipinski definition) is 0. The predicted octanol–water partition coefficient (Wildman–Crippen LogP) is 15.0. The van der Waals surface area contributed by atoms with Crippen LogP contribution < -0.4 is 26.2 Å². The van der Waals surface area contributed by atoms with E-state index < -0.39 is 0 Å². The predicted molar refractivity (Wildman–Crippen MR) is 271 cm³/mol. The Morgan fingerprint density at radius 2 is 1.18 bits per heavy atom. The van der Waals surface area contributed by atoms with Gasteiger partial charge in [0, 0.05) is 38.4 Å². The van der Waals surface area contributed by atoms with Gasteiger partial charge in [-0.3, -0.25) is 0 Å². The minimum atomic E-state index is -0.0191. The number of hydrogen-bond acceptors (Lipinski definition) is 4. The van der Waals surface area contributed by atoms with E-state index >= 15 is 0 Å². The van der Waals surface area contributed by atoms with Gasteiger partial charge in [-0.2, -0.15) is 0 Å². The molecule has 0 atom stereocenters. The first-order valence-corrected chi connectivity index (χ1v) is 23.3. The van der Waals surface area contributed by atoms with Gasteiger partial charge in [-0.25, -0.2) is 0 Å². The molecule has 3 nitrogen and oxygen atoms in total. The summed E-state index contributed by atoms with van der Waals surface area (Å²) >= 11 is 1.95. The third-order valence-corrected chi connectivity index (χ3v) is 14.8. The second-order valence-corrected chi connectivity index (χ2v) is 22.5. The number of rotatable bonds is 4. The van der Waals surface area contributed by atoms with Gasteiger partial charge in [0.25, 0.3) is 6.71 Å². The maximum absolute atomic E-state index is 6.08. The zero-order valence-electron chi connectivity index (χ0n) is 38.8. The molecule has 62 heavy (non-hydrogen) atoms. The van der Waals surface area contributed by atoms with Crippen molar-refractivity contribution in [2.75, 3.05) is 9.80 Å². The van der Waals surface area contributed by atoms with Gasteiger partial charge in [-0.05, 0) is 151 Å². The fourth-order valence-electron chi connectivity index (χ4n) is 10.1. The van der Waals surface area contributed by atoms with E-state index in [1.54, 1.807) is 0 Å². The molecule has 6 aromatic carbocycles. The average molecular weight is 831 g/mol. The van der Waals surface area contributed by atoms with Gasteiger partial charge < -0.3 is 14.2 Å². The normalized spacial score (nSPS) is 13.9. The zero-order valence-corrected chi connectivity index (χ0v) is 39.7. The molecule has 5 heteroatoms. The van der Waals surface area contributed by atoms with Crippen LogP contribution in [0.25, 0.3) is 32.2 Å². The smallest absolute Gasteiger partial charge is 0.254 e. The largest absolute Gasteiger partial charge is 0.464 e. The maximum atomic E-state index is 6.08. The number of furan rings is 1. The van der Waals surface area contributed by atoms with Gasteiger partial charge in [0.15, 0.2) is 0 Å². The lowest BCUT2D eigenvalue weighted by molar-refractivity contribution is 0.590. The Bertz CT molecular complexity index is 3070. The Morgan fingerprint density at radius 3 is 1.82 bits per heavy atom. The molecule has 0 fully saturated rings. The van der Waals surface area contributed by atoms with Gasteiger partial charge >= 0.3 is 0 Å². The lowest BCUT2D eigenvalue weighted by atomic mass is 9.33. The van der Waals surface area contributed by atoms with E-state index in [2.05, 4.69) is 203 Å². The molecule has 2 aliphatic heterocycles. The summed E-state index contributed by atoms with van der Waals surface area (Å²) in [7, 11) is 0. The Morgan fingerprint density at radius 1 is 0.581 bits per heavy atom. The SMILES string of the molecule is Cc1cc(-c2coc3ccccc23)cc(C)c1N1c2cc(C(C)C)cc3c2B(c2cc(C(C)(C)C)ccc2N3c2ccc(C(C)(C)C)cc2)c2c1sc1ccc(C(C)(C)C)cc21. The van der Waals surface area contributed by atoms with Gasteiger partial charge in [0.1, 0.15) is 5.58 Å². The van der Waals surface area contributed by atoms with Gasteiger partial charge in [0.2, 0.25) is 0 Å². The van der Waals surface area contributed by atoms with E-state index in [0.29, 0.717) is 5.92 Å². The van der Waals surface area contributed by atoms with E-state index in [1.807, 2.05) is 23.7 Å². The number of thiophene rings is 1. The highest BCUT2D eigenvalue weighted by molar-refractivity contribution is 7.26. The average Bonchev–Trinajstić information content (AvgIpc) is 3.82. The maximum Gasteiger partial charge on any atom is 0.254 e. The van der Waals surface area contributed by atoms with Crippen molar-refractivity contribution in [2.24, 2.45) is 0 Å². The third kappa shape index (κ3) is 6.36. The molecule has 0 saturated heterocycles. The molecule has 0 N–H and O–H groups in total. The standard InChI is InChI=1S/C57H59BN2OS/c1-33(2)36-28-47-52-48(29-36)60(53-34(3)26-37(27-35(53)4)44-32-61-49-17-15-14-16-42(44)49)54-51(43-30-39(56(8,9)10)21-25-50(43)62-54)58(52)45-31-40(57(11,12)13)20-24-46(45)59(47)41-22-18-38(19-23-41)55(5,6)7/h14-33H,1-13H3. The Hall–Kier alpha value is -5.52. The summed E-state index contributed by atoms with van der Waals surface area (Å²) in [6.45, 7) is 30.3. The second kappa shape index (κ2) is 14.0. The van der Waals surface area contributed by atoms with E-state index in [0.717, 1.165) is 16.5 Å². The van der Waals surface area contributed by atoms with Crippen LogP contribution in [-0.2, 0) is 16.2 Å². The van der Waals surface area contributed by atoms with Crippen molar-refractivity contribution in [3.8, 4) is 11.1 Å². The second-order valence-electron chi connectivity index (χ2n) is 21.4. The fraction of sp³-hybridized carbons (Fsp3) is 0.298. The van der Waals surface area contributed by atoms with Crippen LogP contribution in [0.3, 0.4) is 0 Å². The van der Waals surface area contributed by atoms with Crippen LogP contribution in [0.5, 0.6) is 0 Å². The molecule has 0 bridgehead atoms. The topological polar surface area (TPSA) is 19.6 Å². The quantitative estimate of drug-likeness (QED) is 0.165. The minimum absolute atomic E-state index is 0.00670. The Balaban J connectivity index is 1.32. The van der Waals surface area contributed by atoms with Crippen LogP contribution in [0.1, 0.15) is 115 Å². The molecule has 10 rings (SSSR count). The molecule has 4 heterocycles. The summed E-state index contributed by atoms with van der Waals surface area (Å²) in [6.07, 6.45) is 1.93. The van der Waals surface area contributed by atoms with Crippen LogP contribution >= 0.6 is 11.3 Å². The summed E-state index contributed by atoms with van der Waals surface area (Å²) in [5, 5.41) is 3.82. The number of benzene rings is 6. The minimum Gasteiger partial charge on any atom is -0.464 e. The highest BCUT2D eigenvalue weighted by atomic mass is 32.1. The number of para-hydroxylation sites is 1. The lowest BCUT2D eigenvalue weighted by Crippen LogP contribution is -2.61. The van der Waals surface area contributed by atoms with Crippen molar-refractivity contribution >= 4 is 88.9 Å². The summed E-state index contributed by atoms with van der Waals surface area (Å²) in [5.74, 6) is 0.323. The first kappa shape index (κ1) is 40.6. The van der Waals surface area contributed by atoms with Crippen molar-refractivity contribution in [2.45, 2.75) is 112 Å². The van der Waals surface area contributed by atoms with E-state index in [-0.39, 0.29) is 23.0 Å². The lowest BCUT2D eigenvalue weighted by Gasteiger charge is -2.44. The molecule has 0 amide bonds. The Labute approximate surface area is 373 Å². The summed E-state index contributed by atoms with van der Waals surface area (Å²) in [6, 6.07) is 42.2. The molecule has 0 unspecified atom stereocenters. The number of fused-ring (bicyclic) bond motifs is 7. The van der Waals surface area contributed by atoms with Crippen LogP contribution in [0.2, 0.25) is 0 Å². The summed E-state index contributed by atoms with van der Waals surface area (Å²) < 4.78 is 7.41. The number of anilines is 6. The highest BCUT2D eigenvalue weighted by Crippen LogP contribution is 2.51. The number of nitrogens with zero attached hydrogens (tertiary/aromatic N) is 2. The molecule has 0 spiro atoms. The first-order chi connectivity index (χ1) is 29.3. The van der Waals surface area contributed by atoms with Gasteiger partial charge in [-0.1, -0.05) is 131 Å². The van der Waals surface area contributed by atoms with Crippen LogP contribution in [0.4, 0.5) is 33.4 Å². The van der Waals surface area contributed by atoms with E-state index in [1.165, 1.54) is 98.9 Å². The highest BCUT2D eigenvalue weighted by Gasteiger charge is 2.46.